The maximum absolute atomic E-state index is 13.7. The molecule has 5 saturated carbocycles. The van der Waals surface area contributed by atoms with Crippen LogP contribution in [0.2, 0.25) is 0 Å². The van der Waals surface area contributed by atoms with Gasteiger partial charge in [0.2, 0.25) is 0 Å². The zero-order chi connectivity index (χ0) is 24.9. The molecule has 6 fully saturated rings. The van der Waals surface area contributed by atoms with Crippen LogP contribution in [0.25, 0.3) is 0 Å². The number of nitrogens with zero attached hydrogens (tertiary/aromatic N) is 1. The van der Waals surface area contributed by atoms with E-state index in [4.69, 9.17) is 9.72 Å². The van der Waals surface area contributed by atoms with Gasteiger partial charge in [-0.25, -0.2) is 4.98 Å². The van der Waals surface area contributed by atoms with Crippen LogP contribution in [0.3, 0.4) is 0 Å². The van der Waals surface area contributed by atoms with Crippen LogP contribution in [0.5, 0.6) is 0 Å². The Bertz CT molecular complexity index is 1000. The van der Waals surface area contributed by atoms with Gasteiger partial charge in [0.05, 0.1) is 24.7 Å². The fourth-order valence-electron chi connectivity index (χ4n) is 8.16. The molecule has 7 nitrogen and oxygen atoms in total. The number of methoxy groups -OCH3 is 1. The van der Waals surface area contributed by atoms with E-state index in [1.165, 1.54) is 20.0 Å². The monoisotopic (exact) mass is 513 g/mol. The first kappa shape index (κ1) is 24.7. The summed E-state index contributed by atoms with van der Waals surface area (Å²) >= 11 is 1.74. The first-order chi connectivity index (χ1) is 17.4. The Morgan fingerprint density at radius 1 is 1.19 bits per heavy atom. The minimum atomic E-state index is -0.506. The number of rotatable bonds is 7. The van der Waals surface area contributed by atoms with Crippen molar-refractivity contribution in [3.8, 4) is 0 Å². The van der Waals surface area contributed by atoms with Crippen molar-refractivity contribution in [3.05, 3.63) is 23.4 Å². The smallest absolute Gasteiger partial charge is 0.306 e. The molecule has 1 aromatic heterocycles. The summed E-state index contributed by atoms with van der Waals surface area (Å²) < 4.78 is 5.02. The molecule has 0 aromatic carbocycles. The van der Waals surface area contributed by atoms with Crippen molar-refractivity contribution >= 4 is 23.6 Å². The number of aliphatic hydroxyl groups is 1. The number of ether oxygens (including phenoxy) is 1. The van der Waals surface area contributed by atoms with E-state index in [1.807, 2.05) is 12.1 Å². The molecule has 3 N–H and O–H groups in total. The van der Waals surface area contributed by atoms with Crippen LogP contribution in [0.1, 0.15) is 86.7 Å². The van der Waals surface area contributed by atoms with Gasteiger partial charge >= 0.3 is 5.97 Å². The van der Waals surface area contributed by atoms with E-state index >= 15 is 0 Å². The van der Waals surface area contributed by atoms with Crippen molar-refractivity contribution in [2.45, 2.75) is 98.0 Å². The van der Waals surface area contributed by atoms with E-state index in [9.17, 15) is 14.7 Å². The number of esters is 1. The number of carbonyl (C=O) groups is 2. The SMILES string of the molecule is COC(=O)C[C@@]1(c2ccc(C(=O)N[C@H]3C4CC5CC3C[C@@](O)(C5)C4)c(SC3CCCC3)n2)CCNC1. The van der Waals surface area contributed by atoms with Gasteiger partial charge in [-0.1, -0.05) is 12.8 Å². The molecule has 8 heteroatoms. The Hall–Kier alpha value is -1.64. The van der Waals surface area contributed by atoms with Gasteiger partial charge in [0.1, 0.15) is 5.03 Å². The van der Waals surface area contributed by atoms with Gasteiger partial charge in [-0.2, -0.15) is 0 Å². The summed E-state index contributed by atoms with van der Waals surface area (Å²) in [6.07, 6.45) is 10.7. The lowest BCUT2D eigenvalue weighted by molar-refractivity contribution is -0.142. The highest BCUT2D eigenvalue weighted by Gasteiger charge is 2.55. The second-order valence-electron chi connectivity index (χ2n) is 12.2. The van der Waals surface area contributed by atoms with Crippen LogP contribution in [-0.4, -0.2) is 59.1 Å². The standard InChI is InChI=1S/C28H39N3O4S/c1-35-23(32)15-27(8-9-29-16-27)22-7-6-21(26(30-22)36-20-4-2-3-5-20)25(33)31-24-18-10-17-11-19(24)14-28(34,12-17)13-18/h6-7,17-20,24,29,34H,2-5,8-16H2,1H3,(H,31,33)/t17?,18?,19?,24-,27-,28+/m0/s1. The molecule has 7 rings (SSSR count). The number of pyridine rings is 1. The summed E-state index contributed by atoms with van der Waals surface area (Å²) in [4.78, 5) is 31.1. The predicted octanol–water partition coefficient (Wildman–Crippen LogP) is 3.58. The Morgan fingerprint density at radius 2 is 1.94 bits per heavy atom. The number of thioether (sulfide) groups is 1. The van der Waals surface area contributed by atoms with E-state index in [1.54, 1.807) is 11.8 Å². The van der Waals surface area contributed by atoms with Gasteiger partial charge in [0, 0.05) is 28.9 Å². The molecule has 2 heterocycles. The fraction of sp³-hybridized carbons (Fsp3) is 0.750. The lowest BCUT2D eigenvalue weighted by Crippen LogP contribution is -2.61. The fourth-order valence-corrected chi connectivity index (χ4v) is 9.48. The first-order valence-corrected chi connectivity index (χ1v) is 14.7. The minimum Gasteiger partial charge on any atom is -0.469 e. The molecular weight excluding hydrogens is 474 g/mol. The Morgan fingerprint density at radius 3 is 2.58 bits per heavy atom. The molecular formula is C28H39N3O4S. The average Bonchev–Trinajstić information content (AvgIpc) is 3.53. The summed E-state index contributed by atoms with van der Waals surface area (Å²) in [6, 6.07) is 4.04. The third-order valence-electron chi connectivity index (χ3n) is 9.72. The minimum absolute atomic E-state index is 0.0365. The number of hydrogen-bond acceptors (Lipinski definition) is 7. The molecule has 3 atom stereocenters. The van der Waals surface area contributed by atoms with Gasteiger partial charge in [-0.05, 0) is 87.8 Å². The van der Waals surface area contributed by atoms with Crippen LogP contribution in [-0.2, 0) is 14.9 Å². The second-order valence-corrected chi connectivity index (χ2v) is 13.5. The summed E-state index contributed by atoms with van der Waals surface area (Å²) in [6.45, 7) is 1.52. The van der Waals surface area contributed by atoms with Gasteiger partial charge in [0.25, 0.3) is 5.91 Å². The van der Waals surface area contributed by atoms with Crippen LogP contribution in [0, 0.1) is 17.8 Å². The highest BCUT2D eigenvalue weighted by Crippen LogP contribution is 2.55. The molecule has 6 aliphatic rings. The largest absolute Gasteiger partial charge is 0.469 e. The third kappa shape index (κ3) is 4.58. The van der Waals surface area contributed by atoms with Crippen molar-refractivity contribution in [1.29, 1.82) is 0 Å². The zero-order valence-electron chi connectivity index (χ0n) is 21.3. The molecule has 2 unspecified atom stereocenters. The maximum Gasteiger partial charge on any atom is 0.306 e. The molecule has 196 valence electrons. The van der Waals surface area contributed by atoms with E-state index in [0.717, 1.165) is 68.6 Å². The van der Waals surface area contributed by atoms with Crippen LogP contribution in [0.15, 0.2) is 17.2 Å². The quantitative estimate of drug-likeness (QED) is 0.479. The lowest BCUT2D eigenvalue weighted by Gasteiger charge is -2.58. The molecule has 0 spiro atoms. The summed E-state index contributed by atoms with van der Waals surface area (Å²) in [5.74, 6) is 1.09. The van der Waals surface area contributed by atoms with Crippen LogP contribution < -0.4 is 10.6 Å². The predicted molar refractivity (Wildman–Crippen MR) is 138 cm³/mol. The van der Waals surface area contributed by atoms with E-state index in [0.29, 0.717) is 35.1 Å². The highest BCUT2D eigenvalue weighted by molar-refractivity contribution is 7.99. The van der Waals surface area contributed by atoms with E-state index in [2.05, 4.69) is 10.6 Å². The topological polar surface area (TPSA) is 101 Å². The third-order valence-corrected chi connectivity index (χ3v) is 11.1. The maximum atomic E-state index is 13.7. The van der Waals surface area contributed by atoms with Crippen molar-refractivity contribution in [2.75, 3.05) is 20.2 Å². The molecule has 1 aliphatic heterocycles. The Balaban J connectivity index is 1.27. The first-order valence-electron chi connectivity index (χ1n) is 13.9. The van der Waals surface area contributed by atoms with Gasteiger partial charge in [-0.3, -0.25) is 9.59 Å². The molecule has 1 aromatic rings. The molecule has 4 bridgehead atoms. The normalized spacial score (nSPS) is 37.4. The van der Waals surface area contributed by atoms with Crippen molar-refractivity contribution in [1.82, 2.24) is 15.6 Å². The lowest BCUT2D eigenvalue weighted by atomic mass is 9.52. The summed E-state index contributed by atoms with van der Waals surface area (Å²) in [5.41, 5.74) is 0.631. The van der Waals surface area contributed by atoms with E-state index in [-0.39, 0.29) is 24.3 Å². The second kappa shape index (κ2) is 9.59. The van der Waals surface area contributed by atoms with E-state index < -0.39 is 11.0 Å². The van der Waals surface area contributed by atoms with Gasteiger partial charge < -0.3 is 20.5 Å². The highest BCUT2D eigenvalue weighted by atomic mass is 32.2. The molecule has 36 heavy (non-hydrogen) atoms. The van der Waals surface area contributed by atoms with Crippen molar-refractivity contribution < 1.29 is 19.4 Å². The summed E-state index contributed by atoms with van der Waals surface area (Å²) in [5, 5.41) is 19.0. The molecule has 1 saturated heterocycles. The number of carbonyl (C=O) groups excluding carboxylic acids is 2. The Kier molecular flexibility index (Phi) is 6.57. The Labute approximate surface area is 217 Å². The van der Waals surface area contributed by atoms with Crippen LogP contribution >= 0.6 is 11.8 Å². The number of aromatic nitrogens is 1. The number of hydrogen-bond donors (Lipinski definition) is 3. The molecule has 0 radical (unpaired) electrons. The molecule has 5 aliphatic carbocycles. The van der Waals surface area contributed by atoms with Crippen molar-refractivity contribution in [3.63, 3.8) is 0 Å². The number of amides is 1. The van der Waals surface area contributed by atoms with Gasteiger partial charge in [-0.15, -0.1) is 11.8 Å². The zero-order valence-corrected chi connectivity index (χ0v) is 22.1. The van der Waals surface area contributed by atoms with Crippen LogP contribution in [0.4, 0.5) is 0 Å². The van der Waals surface area contributed by atoms with Gasteiger partial charge in [0.15, 0.2) is 0 Å². The summed E-state index contributed by atoms with van der Waals surface area (Å²) in [7, 11) is 1.43. The average molecular weight is 514 g/mol. The molecule has 1 amide bonds. The van der Waals surface area contributed by atoms with Crippen molar-refractivity contribution in [2.24, 2.45) is 17.8 Å². The number of nitrogens with one attached hydrogen (secondary N) is 2.